The molecule has 1 atom stereocenters. The molecule has 1 aromatic carbocycles. The average molecular weight is 267 g/mol. The Morgan fingerprint density at radius 2 is 2.32 bits per heavy atom. The van der Waals surface area contributed by atoms with E-state index in [2.05, 4.69) is 10.6 Å². The number of anilines is 1. The first kappa shape index (κ1) is 13.4. The summed E-state index contributed by atoms with van der Waals surface area (Å²) in [6.07, 6.45) is 0.612. The van der Waals surface area contributed by atoms with Gasteiger partial charge in [0, 0.05) is 12.6 Å². The molecule has 0 saturated carbocycles. The number of para-hydroxylation sites is 1. The van der Waals surface area contributed by atoms with E-state index in [9.17, 15) is 19.3 Å². The Kier molecular flexibility index (Phi) is 3.48. The molecule has 0 bridgehead atoms. The maximum Gasteiger partial charge on any atom is 0.295 e. The number of halogens is 1. The molecule has 0 spiro atoms. The largest absolute Gasteiger partial charge is 0.317 e. The van der Waals surface area contributed by atoms with Crippen LogP contribution in [0.3, 0.4) is 0 Å². The minimum Gasteiger partial charge on any atom is -0.317 e. The minimum atomic E-state index is -0.808. The van der Waals surface area contributed by atoms with Crippen LogP contribution in [0.5, 0.6) is 0 Å². The van der Waals surface area contributed by atoms with E-state index in [0.717, 1.165) is 12.1 Å². The lowest BCUT2D eigenvalue weighted by Crippen LogP contribution is -2.35. The number of carbonyl (C=O) groups excluding carboxylic acids is 1. The van der Waals surface area contributed by atoms with Crippen molar-refractivity contribution < 1.29 is 14.1 Å². The highest BCUT2D eigenvalue weighted by atomic mass is 19.1. The van der Waals surface area contributed by atoms with Gasteiger partial charge in [0.15, 0.2) is 11.5 Å². The summed E-state index contributed by atoms with van der Waals surface area (Å²) >= 11 is 0. The molecule has 0 aliphatic carbocycles. The van der Waals surface area contributed by atoms with Crippen LogP contribution in [-0.2, 0) is 4.79 Å². The van der Waals surface area contributed by atoms with Crippen LogP contribution in [0.4, 0.5) is 15.8 Å². The van der Waals surface area contributed by atoms with Crippen LogP contribution >= 0.6 is 0 Å². The van der Waals surface area contributed by atoms with Crippen LogP contribution in [0.25, 0.3) is 0 Å². The van der Waals surface area contributed by atoms with E-state index in [1.807, 2.05) is 0 Å². The predicted octanol–water partition coefficient (Wildman–Crippen LogP) is 1.67. The molecule has 1 fully saturated rings. The Labute approximate surface area is 109 Å². The summed E-state index contributed by atoms with van der Waals surface area (Å²) in [5.74, 6) is -1.22. The van der Waals surface area contributed by atoms with Gasteiger partial charge >= 0.3 is 0 Å². The maximum atomic E-state index is 13.6. The topological polar surface area (TPSA) is 84.3 Å². The second kappa shape index (κ2) is 4.93. The monoisotopic (exact) mass is 267 g/mol. The van der Waals surface area contributed by atoms with Crippen LogP contribution in [0.15, 0.2) is 18.2 Å². The molecule has 2 rings (SSSR count). The van der Waals surface area contributed by atoms with Crippen LogP contribution < -0.4 is 10.6 Å². The van der Waals surface area contributed by atoms with Gasteiger partial charge in [0.1, 0.15) is 0 Å². The molecule has 19 heavy (non-hydrogen) atoms. The van der Waals surface area contributed by atoms with E-state index in [1.165, 1.54) is 6.07 Å². The summed E-state index contributed by atoms with van der Waals surface area (Å²) in [6, 6.07) is 3.48. The van der Waals surface area contributed by atoms with Crippen molar-refractivity contribution in [1.82, 2.24) is 5.32 Å². The molecule has 7 heteroatoms. The van der Waals surface area contributed by atoms with Gasteiger partial charge in [0.05, 0.1) is 10.3 Å². The van der Waals surface area contributed by atoms with Crippen molar-refractivity contribution in [3.8, 4) is 0 Å². The van der Waals surface area contributed by atoms with E-state index in [-0.39, 0.29) is 5.69 Å². The Morgan fingerprint density at radius 3 is 2.89 bits per heavy atom. The van der Waals surface area contributed by atoms with Crippen molar-refractivity contribution in [1.29, 1.82) is 0 Å². The molecule has 0 radical (unpaired) electrons. The van der Waals surface area contributed by atoms with Crippen molar-refractivity contribution >= 4 is 17.3 Å². The number of benzene rings is 1. The quantitative estimate of drug-likeness (QED) is 0.644. The number of nitro benzene ring substituents is 1. The number of carbonyl (C=O) groups is 1. The van der Waals surface area contributed by atoms with Gasteiger partial charge in [-0.25, -0.2) is 4.39 Å². The van der Waals surface area contributed by atoms with Crippen molar-refractivity contribution in [3.05, 3.63) is 34.1 Å². The molecule has 0 aromatic heterocycles. The fourth-order valence-electron chi connectivity index (χ4n) is 2.06. The SMILES string of the molecule is CC1(C(=O)Nc2c(F)cccc2[N+](=O)[O-])CCNC1. The molecule has 1 aromatic rings. The summed E-state index contributed by atoms with van der Waals surface area (Å²) in [6.45, 7) is 2.92. The zero-order valence-corrected chi connectivity index (χ0v) is 10.4. The highest BCUT2D eigenvalue weighted by Gasteiger charge is 2.37. The van der Waals surface area contributed by atoms with Crippen LogP contribution in [0.2, 0.25) is 0 Å². The van der Waals surface area contributed by atoms with Crippen LogP contribution in [0, 0.1) is 21.3 Å². The molecule has 1 heterocycles. The maximum absolute atomic E-state index is 13.6. The summed E-state index contributed by atoms with van der Waals surface area (Å²) in [7, 11) is 0. The zero-order chi connectivity index (χ0) is 14.0. The van der Waals surface area contributed by atoms with Gasteiger partial charge < -0.3 is 10.6 Å². The molecule has 1 aliphatic heterocycles. The Bertz CT molecular complexity index is 527. The van der Waals surface area contributed by atoms with E-state index >= 15 is 0 Å². The van der Waals surface area contributed by atoms with Gasteiger partial charge in [-0.1, -0.05) is 6.07 Å². The molecular weight excluding hydrogens is 253 g/mol. The number of hydrogen-bond acceptors (Lipinski definition) is 4. The summed E-state index contributed by atoms with van der Waals surface area (Å²) < 4.78 is 13.6. The van der Waals surface area contributed by atoms with E-state index in [4.69, 9.17) is 0 Å². The summed E-state index contributed by atoms with van der Waals surface area (Å²) in [4.78, 5) is 22.2. The molecule has 6 nitrogen and oxygen atoms in total. The number of amides is 1. The smallest absolute Gasteiger partial charge is 0.295 e. The summed E-state index contributed by atoms with van der Waals surface area (Å²) in [5.41, 5.74) is -1.48. The molecular formula is C12H14FN3O3. The third kappa shape index (κ3) is 2.55. The highest BCUT2D eigenvalue weighted by molar-refractivity contribution is 5.97. The minimum absolute atomic E-state index is 0.370. The lowest BCUT2D eigenvalue weighted by molar-refractivity contribution is -0.384. The van der Waals surface area contributed by atoms with Gasteiger partial charge in [-0.05, 0) is 26.0 Å². The number of nitrogens with zero attached hydrogens (tertiary/aromatic N) is 1. The highest BCUT2D eigenvalue weighted by Crippen LogP contribution is 2.31. The first-order valence-corrected chi connectivity index (χ1v) is 5.89. The zero-order valence-electron chi connectivity index (χ0n) is 10.4. The van der Waals surface area contributed by atoms with Crippen LogP contribution in [-0.4, -0.2) is 23.9 Å². The fourth-order valence-corrected chi connectivity index (χ4v) is 2.06. The van der Waals surface area contributed by atoms with E-state index < -0.39 is 27.8 Å². The van der Waals surface area contributed by atoms with Gasteiger partial charge in [-0.15, -0.1) is 0 Å². The van der Waals surface area contributed by atoms with E-state index in [1.54, 1.807) is 6.92 Å². The molecule has 1 aliphatic rings. The van der Waals surface area contributed by atoms with Gasteiger partial charge in [-0.3, -0.25) is 14.9 Å². The molecule has 1 amide bonds. The molecule has 102 valence electrons. The first-order chi connectivity index (χ1) is 8.94. The lowest BCUT2D eigenvalue weighted by atomic mass is 9.88. The molecule has 1 unspecified atom stereocenters. The third-order valence-electron chi connectivity index (χ3n) is 3.34. The Hall–Kier alpha value is -2.02. The second-order valence-electron chi connectivity index (χ2n) is 4.83. The number of rotatable bonds is 3. The standard InChI is InChI=1S/C12H14FN3O3/c1-12(5-6-14-7-12)11(17)15-10-8(13)3-2-4-9(10)16(18)19/h2-4,14H,5-7H2,1H3,(H,15,17). The summed E-state index contributed by atoms with van der Waals surface area (Å²) in [5, 5.41) is 16.2. The molecule has 2 N–H and O–H groups in total. The second-order valence-corrected chi connectivity index (χ2v) is 4.83. The Balaban J connectivity index is 2.28. The van der Waals surface area contributed by atoms with Crippen molar-refractivity contribution in [2.24, 2.45) is 5.41 Å². The molecule has 1 saturated heterocycles. The van der Waals surface area contributed by atoms with Crippen molar-refractivity contribution in [2.45, 2.75) is 13.3 Å². The number of hydrogen-bond donors (Lipinski definition) is 2. The van der Waals surface area contributed by atoms with Gasteiger partial charge in [0.25, 0.3) is 5.69 Å². The lowest BCUT2D eigenvalue weighted by Gasteiger charge is -2.21. The normalized spacial score (nSPS) is 22.2. The van der Waals surface area contributed by atoms with Crippen molar-refractivity contribution in [3.63, 3.8) is 0 Å². The van der Waals surface area contributed by atoms with E-state index in [0.29, 0.717) is 19.5 Å². The van der Waals surface area contributed by atoms with Gasteiger partial charge in [0.2, 0.25) is 5.91 Å². The van der Waals surface area contributed by atoms with Crippen molar-refractivity contribution in [2.75, 3.05) is 18.4 Å². The number of nitrogens with one attached hydrogen (secondary N) is 2. The predicted molar refractivity (Wildman–Crippen MR) is 67.3 cm³/mol. The van der Waals surface area contributed by atoms with Gasteiger partial charge in [-0.2, -0.15) is 0 Å². The third-order valence-corrected chi connectivity index (χ3v) is 3.34. The first-order valence-electron chi connectivity index (χ1n) is 5.89. The fraction of sp³-hybridized carbons (Fsp3) is 0.417. The number of nitro groups is 1. The Morgan fingerprint density at radius 1 is 1.58 bits per heavy atom. The van der Waals surface area contributed by atoms with Crippen LogP contribution in [0.1, 0.15) is 13.3 Å². The average Bonchev–Trinajstić information content (AvgIpc) is 2.79.